The lowest BCUT2D eigenvalue weighted by molar-refractivity contribution is -0.125. The minimum absolute atomic E-state index is 0. The highest BCUT2D eigenvalue weighted by atomic mass is 35.5. The topological polar surface area (TPSA) is 64.3 Å². The second-order valence-corrected chi connectivity index (χ2v) is 4.40. The molecule has 0 spiro atoms. The maximum Gasteiger partial charge on any atom is 0.246 e. The second-order valence-electron chi connectivity index (χ2n) is 4.40. The van der Waals surface area contributed by atoms with E-state index in [1.807, 2.05) is 30.3 Å². The summed E-state index contributed by atoms with van der Waals surface area (Å²) in [5, 5.41) is 5.17. The normalized spacial score (nSPS) is 11.7. The van der Waals surface area contributed by atoms with E-state index < -0.39 is 0 Å². The summed E-state index contributed by atoms with van der Waals surface area (Å²) in [6.07, 6.45) is 0. The Kier molecular flexibility index (Phi) is 6.45. The van der Waals surface area contributed by atoms with Crippen LogP contribution in [0, 0.1) is 0 Å². The van der Waals surface area contributed by atoms with Gasteiger partial charge in [0, 0.05) is 13.7 Å². The highest BCUT2D eigenvalue weighted by Crippen LogP contribution is 2.19. The maximum atomic E-state index is 11.6. The molecule has 2 aromatic carbocycles. The monoisotopic (exact) mass is 294 g/mol. The zero-order valence-corrected chi connectivity index (χ0v) is 12.2. The SMILES string of the molecule is COCC(=O)NC(CN)c1ccc2ccccc2c1.Cl. The van der Waals surface area contributed by atoms with Crippen molar-refractivity contribution < 1.29 is 9.53 Å². The van der Waals surface area contributed by atoms with Gasteiger partial charge in [0.25, 0.3) is 0 Å². The molecule has 3 N–H and O–H groups in total. The van der Waals surface area contributed by atoms with E-state index in [0.29, 0.717) is 6.54 Å². The van der Waals surface area contributed by atoms with Crippen LogP contribution in [0.15, 0.2) is 42.5 Å². The summed E-state index contributed by atoms with van der Waals surface area (Å²) in [5.41, 5.74) is 6.74. The highest BCUT2D eigenvalue weighted by molar-refractivity contribution is 5.85. The molecule has 5 heteroatoms. The van der Waals surface area contributed by atoms with Crippen molar-refractivity contribution in [3.05, 3.63) is 48.0 Å². The molecule has 1 unspecified atom stereocenters. The number of benzene rings is 2. The van der Waals surface area contributed by atoms with Crippen LogP contribution in [0.25, 0.3) is 10.8 Å². The zero-order chi connectivity index (χ0) is 13.7. The molecule has 2 aromatic rings. The lowest BCUT2D eigenvalue weighted by Gasteiger charge is -2.17. The molecule has 0 bridgehead atoms. The van der Waals surface area contributed by atoms with Crippen molar-refractivity contribution in [1.82, 2.24) is 5.32 Å². The largest absolute Gasteiger partial charge is 0.375 e. The number of amides is 1. The van der Waals surface area contributed by atoms with E-state index in [1.165, 1.54) is 12.5 Å². The molecule has 0 saturated carbocycles. The van der Waals surface area contributed by atoms with E-state index in [0.717, 1.165) is 10.9 Å². The number of nitrogens with one attached hydrogen (secondary N) is 1. The molecule has 0 aliphatic heterocycles. The minimum Gasteiger partial charge on any atom is -0.375 e. The van der Waals surface area contributed by atoms with E-state index in [2.05, 4.69) is 17.4 Å². The van der Waals surface area contributed by atoms with Crippen molar-refractivity contribution >= 4 is 29.1 Å². The van der Waals surface area contributed by atoms with E-state index in [1.54, 1.807) is 0 Å². The van der Waals surface area contributed by atoms with Crippen molar-refractivity contribution in [2.45, 2.75) is 6.04 Å². The second kappa shape index (κ2) is 7.85. The van der Waals surface area contributed by atoms with E-state index in [4.69, 9.17) is 10.5 Å². The summed E-state index contributed by atoms with van der Waals surface area (Å²) >= 11 is 0. The van der Waals surface area contributed by atoms with Crippen LogP contribution in [0.1, 0.15) is 11.6 Å². The van der Waals surface area contributed by atoms with Crippen LogP contribution in [0.5, 0.6) is 0 Å². The Bertz CT molecular complexity index is 575. The Morgan fingerprint density at radius 1 is 1.25 bits per heavy atom. The van der Waals surface area contributed by atoms with Crippen molar-refractivity contribution in [3.63, 3.8) is 0 Å². The summed E-state index contributed by atoms with van der Waals surface area (Å²) < 4.78 is 4.80. The summed E-state index contributed by atoms with van der Waals surface area (Å²) in [6, 6.07) is 14.0. The Morgan fingerprint density at radius 3 is 2.60 bits per heavy atom. The summed E-state index contributed by atoms with van der Waals surface area (Å²) in [6.45, 7) is 0.401. The van der Waals surface area contributed by atoms with Crippen molar-refractivity contribution in [3.8, 4) is 0 Å². The van der Waals surface area contributed by atoms with Gasteiger partial charge in [-0.3, -0.25) is 4.79 Å². The molecule has 0 aliphatic rings. The molecule has 0 heterocycles. The van der Waals surface area contributed by atoms with Crippen LogP contribution in [0.4, 0.5) is 0 Å². The highest BCUT2D eigenvalue weighted by Gasteiger charge is 2.13. The molecule has 20 heavy (non-hydrogen) atoms. The molecule has 0 radical (unpaired) electrons. The number of rotatable bonds is 5. The van der Waals surface area contributed by atoms with Gasteiger partial charge in [0.2, 0.25) is 5.91 Å². The van der Waals surface area contributed by atoms with Gasteiger partial charge in [0.15, 0.2) is 0 Å². The first-order valence-corrected chi connectivity index (χ1v) is 6.21. The number of fused-ring (bicyclic) bond motifs is 1. The van der Waals surface area contributed by atoms with Crippen molar-refractivity contribution in [1.29, 1.82) is 0 Å². The van der Waals surface area contributed by atoms with Gasteiger partial charge >= 0.3 is 0 Å². The number of methoxy groups -OCH3 is 1. The van der Waals surface area contributed by atoms with Gasteiger partial charge < -0.3 is 15.8 Å². The molecule has 1 atom stereocenters. The molecule has 0 aromatic heterocycles. The molecule has 4 nitrogen and oxygen atoms in total. The molecule has 1 amide bonds. The Balaban J connectivity index is 0.00000200. The predicted octanol–water partition coefficient (Wildman–Crippen LogP) is 2.02. The summed E-state index contributed by atoms with van der Waals surface area (Å²) in [4.78, 5) is 11.6. The van der Waals surface area contributed by atoms with Crippen LogP contribution >= 0.6 is 12.4 Å². The number of carbonyl (C=O) groups excluding carboxylic acids is 1. The summed E-state index contributed by atoms with van der Waals surface area (Å²) in [7, 11) is 1.49. The number of carbonyl (C=O) groups is 1. The molecule has 108 valence electrons. The van der Waals surface area contributed by atoms with Gasteiger partial charge in [-0.25, -0.2) is 0 Å². The first-order valence-electron chi connectivity index (χ1n) is 6.21. The molecule has 0 saturated heterocycles. The standard InChI is InChI=1S/C15H18N2O2.ClH/c1-19-10-15(18)17-14(9-16)13-7-6-11-4-2-3-5-12(11)8-13;/h2-8,14H,9-10,16H2,1H3,(H,17,18);1H. The van der Waals surface area contributed by atoms with Gasteiger partial charge in [0.1, 0.15) is 6.61 Å². The quantitative estimate of drug-likeness (QED) is 0.887. The Morgan fingerprint density at radius 2 is 1.95 bits per heavy atom. The van der Waals surface area contributed by atoms with Crippen LogP contribution in [0.3, 0.4) is 0 Å². The lowest BCUT2D eigenvalue weighted by Crippen LogP contribution is -2.35. The average molecular weight is 295 g/mol. The van der Waals surface area contributed by atoms with Crippen LogP contribution in [-0.2, 0) is 9.53 Å². The lowest BCUT2D eigenvalue weighted by atomic mass is 10.0. The Hall–Kier alpha value is -1.62. The van der Waals surface area contributed by atoms with E-state index >= 15 is 0 Å². The Labute approximate surface area is 124 Å². The predicted molar refractivity (Wildman–Crippen MR) is 83.0 cm³/mol. The minimum atomic E-state index is -0.188. The average Bonchev–Trinajstić information content (AvgIpc) is 2.44. The number of hydrogen-bond acceptors (Lipinski definition) is 3. The molecular weight excluding hydrogens is 276 g/mol. The van der Waals surface area contributed by atoms with Crippen molar-refractivity contribution in [2.75, 3.05) is 20.3 Å². The van der Waals surface area contributed by atoms with Crippen LogP contribution in [0.2, 0.25) is 0 Å². The van der Waals surface area contributed by atoms with Gasteiger partial charge in [-0.05, 0) is 22.4 Å². The third-order valence-corrected chi connectivity index (χ3v) is 3.02. The van der Waals surface area contributed by atoms with Gasteiger partial charge in [-0.1, -0.05) is 36.4 Å². The van der Waals surface area contributed by atoms with E-state index in [9.17, 15) is 4.79 Å². The number of hydrogen-bond donors (Lipinski definition) is 2. The molecule has 2 rings (SSSR count). The fraction of sp³-hybridized carbons (Fsp3) is 0.267. The molecule has 0 aliphatic carbocycles. The van der Waals surface area contributed by atoms with Crippen molar-refractivity contribution in [2.24, 2.45) is 5.73 Å². The number of ether oxygens (including phenoxy) is 1. The molecule has 0 fully saturated rings. The first kappa shape index (κ1) is 16.4. The van der Waals surface area contributed by atoms with Gasteiger partial charge in [-0.2, -0.15) is 0 Å². The fourth-order valence-corrected chi connectivity index (χ4v) is 2.07. The smallest absolute Gasteiger partial charge is 0.246 e. The number of nitrogens with two attached hydrogens (primary N) is 1. The summed E-state index contributed by atoms with van der Waals surface area (Å²) in [5.74, 6) is -0.161. The maximum absolute atomic E-state index is 11.6. The van der Waals surface area contributed by atoms with Gasteiger partial charge in [-0.15, -0.1) is 12.4 Å². The third kappa shape index (κ3) is 3.93. The van der Waals surface area contributed by atoms with Crippen LogP contribution < -0.4 is 11.1 Å². The van der Waals surface area contributed by atoms with Crippen LogP contribution in [-0.4, -0.2) is 26.2 Å². The zero-order valence-electron chi connectivity index (χ0n) is 11.3. The number of halogens is 1. The third-order valence-electron chi connectivity index (χ3n) is 3.02. The van der Waals surface area contributed by atoms with E-state index in [-0.39, 0.29) is 31.0 Å². The fourth-order valence-electron chi connectivity index (χ4n) is 2.07. The van der Waals surface area contributed by atoms with Gasteiger partial charge in [0.05, 0.1) is 6.04 Å². The molecular formula is C15H19ClN2O2. The first-order chi connectivity index (χ1) is 9.24.